The Morgan fingerprint density at radius 1 is 1.05 bits per heavy atom. The lowest BCUT2D eigenvalue weighted by Crippen LogP contribution is -2.46. The number of hydrogen-bond donors (Lipinski definition) is 0. The zero-order valence-electron chi connectivity index (χ0n) is 12.5. The normalized spacial score (nSPS) is 33.0. The minimum absolute atomic E-state index is 0.240. The monoisotopic (exact) mass is 292 g/mol. The molecule has 108 valence electrons. The van der Waals surface area contributed by atoms with Crippen molar-refractivity contribution in [3.63, 3.8) is 0 Å². The van der Waals surface area contributed by atoms with Crippen molar-refractivity contribution in [2.45, 2.75) is 55.8 Å². The Morgan fingerprint density at radius 3 is 2.05 bits per heavy atom. The van der Waals surface area contributed by atoms with Crippen molar-refractivity contribution in [2.75, 3.05) is 0 Å². The lowest BCUT2D eigenvalue weighted by Gasteiger charge is -2.30. The molecule has 3 rings (SSSR count). The van der Waals surface area contributed by atoms with Crippen LogP contribution in [0.2, 0.25) is 0 Å². The van der Waals surface area contributed by atoms with Crippen LogP contribution in [0.1, 0.15) is 33.3 Å². The van der Waals surface area contributed by atoms with E-state index in [0.29, 0.717) is 4.90 Å². The molecule has 2 unspecified atom stereocenters. The Hall–Kier alpha value is -1.23. The molecule has 0 bridgehead atoms. The van der Waals surface area contributed by atoms with Gasteiger partial charge in [0.05, 0.1) is 10.4 Å². The van der Waals surface area contributed by atoms with E-state index in [9.17, 15) is 8.42 Å². The van der Waals surface area contributed by atoms with Gasteiger partial charge < -0.3 is 0 Å². The van der Waals surface area contributed by atoms with Crippen molar-refractivity contribution in [2.24, 2.45) is 15.6 Å². The fourth-order valence-corrected chi connectivity index (χ4v) is 6.99. The summed E-state index contributed by atoms with van der Waals surface area (Å²) in [7, 11) is -3.48. The fraction of sp³-hybridized carbons (Fsp3) is 0.600. The summed E-state index contributed by atoms with van der Waals surface area (Å²) in [4.78, 5) is 0.374. The maximum Gasteiger partial charge on any atom is 0.189 e. The van der Waals surface area contributed by atoms with E-state index in [4.69, 9.17) is 0 Å². The van der Waals surface area contributed by atoms with Gasteiger partial charge in [0.25, 0.3) is 0 Å². The quantitative estimate of drug-likeness (QED) is 0.840. The van der Waals surface area contributed by atoms with Crippen molar-refractivity contribution < 1.29 is 8.42 Å². The van der Waals surface area contributed by atoms with Crippen molar-refractivity contribution >= 4 is 9.84 Å². The van der Waals surface area contributed by atoms with Gasteiger partial charge >= 0.3 is 0 Å². The Labute approximate surface area is 120 Å². The Kier molecular flexibility index (Phi) is 2.41. The van der Waals surface area contributed by atoms with Gasteiger partial charge in [-0.05, 0) is 32.9 Å². The molecule has 0 spiro atoms. The largest absolute Gasteiger partial charge is 0.223 e. The molecule has 20 heavy (non-hydrogen) atoms. The average Bonchev–Trinajstić information content (AvgIpc) is 2.67. The van der Waals surface area contributed by atoms with Gasteiger partial charge in [0.2, 0.25) is 0 Å². The molecule has 0 aromatic heterocycles. The first-order valence-electron chi connectivity index (χ1n) is 6.82. The first-order valence-corrected chi connectivity index (χ1v) is 8.31. The number of aryl methyl sites for hydroxylation is 1. The molecule has 1 aliphatic heterocycles. The smallest absolute Gasteiger partial charge is 0.189 e. The molecule has 0 saturated heterocycles. The van der Waals surface area contributed by atoms with Crippen molar-refractivity contribution in [1.29, 1.82) is 0 Å². The van der Waals surface area contributed by atoms with Crippen LogP contribution in [-0.4, -0.2) is 24.7 Å². The molecule has 4 nitrogen and oxygen atoms in total. The number of benzene rings is 1. The van der Waals surface area contributed by atoms with E-state index >= 15 is 0 Å². The summed E-state index contributed by atoms with van der Waals surface area (Å²) in [6, 6.07) is 6.82. The molecular weight excluding hydrogens is 272 g/mol. The van der Waals surface area contributed by atoms with Gasteiger partial charge in [-0.1, -0.05) is 31.5 Å². The number of nitrogens with zero attached hydrogens (tertiary/aromatic N) is 2. The molecular formula is C15H20N2O2S. The summed E-state index contributed by atoms with van der Waals surface area (Å²) < 4.78 is 25.5. The molecule has 1 aromatic carbocycles. The topological polar surface area (TPSA) is 58.9 Å². The van der Waals surface area contributed by atoms with Crippen molar-refractivity contribution in [3.8, 4) is 0 Å². The van der Waals surface area contributed by atoms with Crippen LogP contribution in [0.25, 0.3) is 0 Å². The predicted octanol–water partition coefficient (Wildman–Crippen LogP) is 3.16. The highest BCUT2D eigenvalue weighted by Crippen LogP contribution is 2.72. The first-order chi connectivity index (χ1) is 9.09. The molecule has 2 aliphatic rings. The standard InChI is InChI=1S/C15H20N2O2S/c1-10-6-8-11(9-7-10)20(18,19)15-12(13(15,2)3)16-17-14(15,4)5/h6-9,12H,1-5H3. The van der Waals surface area contributed by atoms with Crippen LogP contribution in [-0.2, 0) is 9.84 Å². The predicted molar refractivity (Wildman–Crippen MR) is 77.6 cm³/mol. The van der Waals surface area contributed by atoms with Crippen LogP contribution in [0.3, 0.4) is 0 Å². The van der Waals surface area contributed by atoms with E-state index in [1.807, 2.05) is 46.8 Å². The third-order valence-corrected chi connectivity index (χ3v) is 8.02. The molecule has 1 aliphatic carbocycles. The Bertz CT molecular complexity index is 702. The maximum atomic E-state index is 13.2. The van der Waals surface area contributed by atoms with E-state index in [1.54, 1.807) is 12.1 Å². The zero-order valence-corrected chi connectivity index (χ0v) is 13.3. The van der Waals surface area contributed by atoms with Crippen molar-refractivity contribution in [3.05, 3.63) is 29.8 Å². The van der Waals surface area contributed by atoms with E-state index in [2.05, 4.69) is 10.2 Å². The third kappa shape index (κ3) is 1.25. The van der Waals surface area contributed by atoms with Gasteiger partial charge in [0.1, 0.15) is 10.8 Å². The Balaban J connectivity index is 2.20. The highest BCUT2D eigenvalue weighted by atomic mass is 32.2. The summed E-state index contributed by atoms with van der Waals surface area (Å²) in [5.41, 5.74) is -0.0135. The summed E-state index contributed by atoms with van der Waals surface area (Å²) in [6.45, 7) is 9.64. The molecule has 0 N–H and O–H groups in total. The molecule has 1 aromatic rings. The lowest BCUT2D eigenvalue weighted by molar-refractivity contribution is 0.383. The SMILES string of the molecule is Cc1ccc(S(=O)(=O)C23C(N=NC2(C)C)C3(C)C)cc1. The van der Waals surface area contributed by atoms with Crippen LogP contribution in [0.15, 0.2) is 39.4 Å². The molecule has 1 heterocycles. The third-order valence-electron chi connectivity index (χ3n) is 5.03. The van der Waals surface area contributed by atoms with Crippen molar-refractivity contribution in [1.82, 2.24) is 0 Å². The molecule has 0 amide bonds. The highest BCUT2D eigenvalue weighted by Gasteiger charge is 2.87. The van der Waals surface area contributed by atoms with E-state index in [0.717, 1.165) is 5.56 Å². The van der Waals surface area contributed by atoms with Gasteiger partial charge in [0, 0.05) is 5.41 Å². The lowest BCUT2D eigenvalue weighted by atomic mass is 9.93. The Morgan fingerprint density at radius 2 is 1.60 bits per heavy atom. The van der Waals surface area contributed by atoms with Crippen LogP contribution in [0, 0.1) is 12.3 Å². The second-order valence-electron chi connectivity index (χ2n) is 6.95. The summed E-state index contributed by atoms with van der Waals surface area (Å²) in [5.74, 6) is 0. The highest BCUT2D eigenvalue weighted by molar-refractivity contribution is 7.93. The van der Waals surface area contributed by atoms with Crippen LogP contribution < -0.4 is 0 Å². The van der Waals surface area contributed by atoms with Crippen LogP contribution >= 0.6 is 0 Å². The van der Waals surface area contributed by atoms with E-state index in [1.165, 1.54) is 0 Å². The van der Waals surface area contributed by atoms with Gasteiger partial charge in [0.15, 0.2) is 9.84 Å². The number of azo groups is 1. The molecule has 5 heteroatoms. The summed E-state index contributed by atoms with van der Waals surface area (Å²) >= 11 is 0. The zero-order chi connectivity index (χ0) is 15.0. The van der Waals surface area contributed by atoms with Crippen LogP contribution in [0.4, 0.5) is 0 Å². The number of rotatable bonds is 2. The van der Waals surface area contributed by atoms with Gasteiger partial charge in [-0.15, -0.1) is 0 Å². The molecule has 1 fully saturated rings. The first kappa shape index (κ1) is 13.7. The van der Waals surface area contributed by atoms with Gasteiger partial charge in [-0.25, -0.2) is 8.42 Å². The van der Waals surface area contributed by atoms with E-state index in [-0.39, 0.29) is 11.5 Å². The van der Waals surface area contributed by atoms with E-state index < -0.39 is 20.1 Å². The summed E-state index contributed by atoms with van der Waals surface area (Å²) in [6.07, 6.45) is 0. The number of fused-ring (bicyclic) bond motifs is 1. The average molecular weight is 292 g/mol. The molecule has 0 radical (unpaired) electrons. The summed E-state index contributed by atoms with van der Waals surface area (Å²) in [5, 5.41) is 8.46. The minimum Gasteiger partial charge on any atom is -0.223 e. The van der Waals surface area contributed by atoms with Gasteiger partial charge in [-0.3, -0.25) is 0 Å². The maximum absolute atomic E-state index is 13.2. The van der Waals surface area contributed by atoms with Crippen LogP contribution in [0.5, 0.6) is 0 Å². The number of hydrogen-bond acceptors (Lipinski definition) is 4. The second kappa shape index (κ2) is 3.50. The second-order valence-corrected chi connectivity index (χ2v) is 9.07. The minimum atomic E-state index is -3.48. The molecule has 1 saturated carbocycles. The number of sulfone groups is 1. The fourth-order valence-electron chi connectivity index (χ4n) is 4.05. The van der Waals surface area contributed by atoms with Gasteiger partial charge in [-0.2, -0.15) is 10.2 Å². The molecule has 2 atom stereocenters.